The molecule has 0 saturated heterocycles. The molecule has 7 heteroatoms. The van der Waals surface area contributed by atoms with Crippen LogP contribution in [0.15, 0.2) is 24.3 Å². The van der Waals surface area contributed by atoms with Crippen LogP contribution in [0, 0.1) is 5.92 Å². The van der Waals surface area contributed by atoms with Crippen LogP contribution in [-0.2, 0) is 14.8 Å². The first-order valence-corrected chi connectivity index (χ1v) is 8.96. The summed E-state index contributed by atoms with van der Waals surface area (Å²) in [7, 11) is 0.469. The summed E-state index contributed by atoms with van der Waals surface area (Å²) in [5, 5.41) is 2.72. The number of nitrogens with zero attached hydrogens (tertiary/aromatic N) is 2. The highest BCUT2D eigenvalue weighted by Crippen LogP contribution is 2.15. The summed E-state index contributed by atoms with van der Waals surface area (Å²) in [5.41, 5.74) is 1.67. The van der Waals surface area contributed by atoms with Crippen LogP contribution >= 0.6 is 0 Å². The smallest absolute Gasteiger partial charge is 0.239 e. The van der Waals surface area contributed by atoms with E-state index in [9.17, 15) is 13.2 Å². The van der Waals surface area contributed by atoms with Crippen molar-refractivity contribution in [3.8, 4) is 0 Å². The summed E-state index contributed by atoms with van der Waals surface area (Å²) < 4.78 is 24.6. The molecule has 0 bridgehead atoms. The van der Waals surface area contributed by atoms with Crippen molar-refractivity contribution < 1.29 is 13.2 Å². The molecule has 0 aliphatic heterocycles. The van der Waals surface area contributed by atoms with Crippen LogP contribution in [0.3, 0.4) is 0 Å². The third-order valence-corrected chi connectivity index (χ3v) is 4.24. The van der Waals surface area contributed by atoms with Crippen LogP contribution in [0.5, 0.6) is 0 Å². The van der Waals surface area contributed by atoms with E-state index in [1.54, 1.807) is 12.1 Å². The largest absolute Gasteiger partial charge is 0.378 e. The van der Waals surface area contributed by atoms with Crippen LogP contribution in [0.1, 0.15) is 13.8 Å². The quantitative estimate of drug-likeness (QED) is 0.826. The number of nitrogens with one attached hydrogen (secondary N) is 1. The fraction of sp³-hybridized carbons (Fsp3) is 0.533. The molecule has 0 aliphatic carbocycles. The molecule has 0 radical (unpaired) electrons. The maximum atomic E-state index is 12.0. The molecule has 0 fully saturated rings. The predicted octanol–water partition coefficient (Wildman–Crippen LogP) is 1.61. The molecule has 0 aromatic heterocycles. The molecule has 1 amide bonds. The van der Waals surface area contributed by atoms with Gasteiger partial charge < -0.3 is 10.2 Å². The lowest BCUT2D eigenvalue weighted by Gasteiger charge is -2.21. The van der Waals surface area contributed by atoms with Crippen molar-refractivity contribution >= 4 is 27.3 Å². The second-order valence-electron chi connectivity index (χ2n) is 5.94. The fourth-order valence-corrected chi connectivity index (χ4v) is 2.85. The minimum Gasteiger partial charge on any atom is -0.378 e. The predicted molar refractivity (Wildman–Crippen MR) is 90.7 cm³/mol. The number of rotatable bonds is 7. The molecular formula is C15H25N3O3S. The first-order chi connectivity index (χ1) is 10.1. The van der Waals surface area contributed by atoms with Crippen molar-refractivity contribution in [3.05, 3.63) is 24.3 Å². The van der Waals surface area contributed by atoms with Gasteiger partial charge in [-0.2, -0.15) is 4.31 Å². The maximum Gasteiger partial charge on any atom is 0.239 e. The van der Waals surface area contributed by atoms with E-state index in [4.69, 9.17) is 0 Å². The SMILES string of the molecule is CC(C)CN(CC(=O)Nc1ccc(N(C)C)cc1)S(C)(=O)=O. The summed E-state index contributed by atoms with van der Waals surface area (Å²) in [6, 6.07) is 7.36. The number of benzene rings is 1. The van der Waals surface area contributed by atoms with Gasteiger partial charge in [0.1, 0.15) is 0 Å². The molecule has 124 valence electrons. The van der Waals surface area contributed by atoms with Crippen molar-refractivity contribution in [2.75, 3.05) is 43.7 Å². The molecule has 0 spiro atoms. The fourth-order valence-electron chi connectivity index (χ4n) is 1.93. The van der Waals surface area contributed by atoms with Gasteiger partial charge in [-0.05, 0) is 30.2 Å². The average Bonchev–Trinajstić information content (AvgIpc) is 2.36. The molecule has 0 atom stereocenters. The number of hydrogen-bond donors (Lipinski definition) is 1. The van der Waals surface area contributed by atoms with Gasteiger partial charge in [-0.25, -0.2) is 8.42 Å². The molecule has 0 heterocycles. The van der Waals surface area contributed by atoms with Gasteiger partial charge in [0.25, 0.3) is 0 Å². The van der Waals surface area contributed by atoms with Crippen LogP contribution < -0.4 is 10.2 Å². The van der Waals surface area contributed by atoms with Crippen molar-refractivity contribution in [2.24, 2.45) is 5.92 Å². The Morgan fingerprint density at radius 3 is 2.14 bits per heavy atom. The summed E-state index contributed by atoms with van der Waals surface area (Å²) in [5.74, 6) is -0.189. The van der Waals surface area contributed by atoms with Gasteiger partial charge >= 0.3 is 0 Å². The van der Waals surface area contributed by atoms with E-state index in [0.717, 1.165) is 11.9 Å². The Labute approximate surface area is 133 Å². The highest BCUT2D eigenvalue weighted by Gasteiger charge is 2.21. The van der Waals surface area contributed by atoms with Crippen LogP contribution in [0.25, 0.3) is 0 Å². The van der Waals surface area contributed by atoms with Crippen molar-refractivity contribution in [3.63, 3.8) is 0 Å². The number of sulfonamides is 1. The van der Waals surface area contributed by atoms with Gasteiger partial charge in [0.05, 0.1) is 12.8 Å². The van der Waals surface area contributed by atoms with Crippen LogP contribution in [-0.4, -0.2) is 52.1 Å². The topological polar surface area (TPSA) is 69.7 Å². The molecule has 1 N–H and O–H groups in total. The number of anilines is 2. The molecular weight excluding hydrogens is 302 g/mol. The van der Waals surface area contributed by atoms with E-state index in [1.165, 1.54) is 4.31 Å². The zero-order valence-corrected chi connectivity index (χ0v) is 14.6. The van der Waals surface area contributed by atoms with Gasteiger partial charge in [0, 0.05) is 32.0 Å². The minimum atomic E-state index is -3.40. The van der Waals surface area contributed by atoms with Crippen LogP contribution in [0.4, 0.5) is 11.4 Å². The Bertz CT molecular complexity index is 595. The minimum absolute atomic E-state index is 0.155. The molecule has 0 saturated carbocycles. The normalized spacial score (nSPS) is 11.8. The zero-order chi connectivity index (χ0) is 16.9. The zero-order valence-electron chi connectivity index (χ0n) is 13.8. The lowest BCUT2D eigenvalue weighted by Crippen LogP contribution is -2.39. The summed E-state index contributed by atoms with van der Waals surface area (Å²) in [6.07, 6.45) is 1.12. The highest BCUT2D eigenvalue weighted by atomic mass is 32.2. The average molecular weight is 327 g/mol. The van der Waals surface area contributed by atoms with Gasteiger partial charge in [-0.3, -0.25) is 4.79 Å². The number of amides is 1. The molecule has 0 unspecified atom stereocenters. The summed E-state index contributed by atoms with van der Waals surface area (Å²) >= 11 is 0. The lowest BCUT2D eigenvalue weighted by atomic mass is 10.2. The standard InChI is InChI=1S/C15H25N3O3S/c1-12(2)10-18(22(5,20)21)11-15(19)16-13-6-8-14(9-7-13)17(3)4/h6-9,12H,10-11H2,1-5H3,(H,16,19). The Morgan fingerprint density at radius 1 is 1.18 bits per heavy atom. The second kappa shape index (κ2) is 7.60. The monoisotopic (exact) mass is 327 g/mol. The van der Waals surface area contributed by atoms with E-state index in [2.05, 4.69) is 5.32 Å². The third-order valence-electron chi connectivity index (χ3n) is 3.03. The first-order valence-electron chi connectivity index (χ1n) is 7.12. The second-order valence-corrected chi connectivity index (χ2v) is 7.92. The Morgan fingerprint density at radius 2 is 1.73 bits per heavy atom. The molecule has 6 nitrogen and oxygen atoms in total. The maximum absolute atomic E-state index is 12.0. The lowest BCUT2D eigenvalue weighted by molar-refractivity contribution is -0.116. The highest BCUT2D eigenvalue weighted by molar-refractivity contribution is 7.88. The Kier molecular flexibility index (Phi) is 6.37. The number of carbonyl (C=O) groups is 1. The molecule has 1 rings (SSSR count). The molecule has 22 heavy (non-hydrogen) atoms. The van der Waals surface area contributed by atoms with Crippen molar-refractivity contribution in [1.29, 1.82) is 0 Å². The van der Waals surface area contributed by atoms with E-state index in [0.29, 0.717) is 12.2 Å². The Hall–Kier alpha value is -1.60. The van der Waals surface area contributed by atoms with Crippen molar-refractivity contribution in [2.45, 2.75) is 13.8 Å². The van der Waals surface area contributed by atoms with Crippen LogP contribution in [0.2, 0.25) is 0 Å². The number of hydrogen-bond acceptors (Lipinski definition) is 4. The van der Waals surface area contributed by atoms with E-state index >= 15 is 0 Å². The van der Waals surface area contributed by atoms with E-state index < -0.39 is 10.0 Å². The first kappa shape index (κ1) is 18.4. The third kappa shape index (κ3) is 6.03. The van der Waals surface area contributed by atoms with Gasteiger partial charge in [-0.1, -0.05) is 13.8 Å². The summed E-state index contributed by atoms with van der Waals surface area (Å²) in [4.78, 5) is 14.0. The Balaban J connectivity index is 2.71. The summed E-state index contributed by atoms with van der Waals surface area (Å²) in [6.45, 7) is 3.98. The van der Waals surface area contributed by atoms with E-state index in [1.807, 2.05) is 45.0 Å². The van der Waals surface area contributed by atoms with Gasteiger partial charge in [-0.15, -0.1) is 0 Å². The van der Waals surface area contributed by atoms with Gasteiger partial charge in [0.15, 0.2) is 0 Å². The van der Waals surface area contributed by atoms with Crippen molar-refractivity contribution in [1.82, 2.24) is 4.31 Å². The molecule has 1 aromatic rings. The van der Waals surface area contributed by atoms with E-state index in [-0.39, 0.29) is 18.4 Å². The molecule has 1 aromatic carbocycles. The molecule has 0 aliphatic rings. The van der Waals surface area contributed by atoms with Gasteiger partial charge in [0.2, 0.25) is 15.9 Å². The number of carbonyl (C=O) groups excluding carboxylic acids is 1.